The SMILES string of the molecule is CCN(CC)S(=O)(=O)N1CCN(C(=O)CCc2c(C)nc3c4ccccc4nn3c2C)CC1. The maximum Gasteiger partial charge on any atom is 0.282 e. The van der Waals surface area contributed by atoms with Gasteiger partial charge in [-0.3, -0.25) is 4.79 Å². The zero-order valence-corrected chi connectivity index (χ0v) is 20.6. The Hall–Kier alpha value is -2.56. The van der Waals surface area contributed by atoms with Gasteiger partial charge in [-0.1, -0.05) is 26.0 Å². The molecule has 3 heterocycles. The van der Waals surface area contributed by atoms with Crippen molar-refractivity contribution in [2.45, 2.75) is 40.5 Å². The lowest BCUT2D eigenvalue weighted by Gasteiger charge is -2.36. The fraction of sp³-hybridized carbons (Fsp3) is 0.522. The van der Waals surface area contributed by atoms with E-state index in [0.717, 1.165) is 33.5 Å². The molecule has 33 heavy (non-hydrogen) atoms. The molecule has 4 rings (SSSR count). The molecule has 0 unspecified atom stereocenters. The van der Waals surface area contributed by atoms with Crippen molar-refractivity contribution in [3.05, 3.63) is 41.2 Å². The van der Waals surface area contributed by atoms with Crippen LogP contribution in [0, 0.1) is 13.8 Å². The first-order valence-electron chi connectivity index (χ1n) is 11.5. The first-order valence-corrected chi connectivity index (χ1v) is 12.9. The lowest BCUT2D eigenvalue weighted by atomic mass is 10.1. The summed E-state index contributed by atoms with van der Waals surface area (Å²) in [7, 11) is -3.46. The van der Waals surface area contributed by atoms with E-state index in [2.05, 4.69) is 5.10 Å². The van der Waals surface area contributed by atoms with Crippen molar-refractivity contribution in [3.63, 3.8) is 0 Å². The van der Waals surface area contributed by atoms with Crippen LogP contribution < -0.4 is 0 Å². The van der Waals surface area contributed by atoms with Gasteiger partial charge in [0.15, 0.2) is 5.65 Å². The zero-order valence-electron chi connectivity index (χ0n) is 19.8. The van der Waals surface area contributed by atoms with Gasteiger partial charge in [0.1, 0.15) is 0 Å². The van der Waals surface area contributed by atoms with E-state index in [0.29, 0.717) is 52.1 Å². The average Bonchev–Trinajstić information content (AvgIpc) is 3.18. The number of rotatable bonds is 7. The highest BCUT2D eigenvalue weighted by atomic mass is 32.2. The maximum absolute atomic E-state index is 12.9. The fourth-order valence-corrected chi connectivity index (χ4v) is 6.21. The summed E-state index contributed by atoms with van der Waals surface area (Å²) in [6.07, 6.45) is 0.937. The molecule has 0 atom stereocenters. The lowest BCUT2D eigenvalue weighted by molar-refractivity contribution is -0.132. The predicted octanol–water partition coefficient (Wildman–Crippen LogP) is 2.16. The average molecular weight is 473 g/mol. The minimum atomic E-state index is -3.46. The third-order valence-corrected chi connectivity index (χ3v) is 8.74. The molecular weight excluding hydrogens is 440 g/mol. The Morgan fingerprint density at radius 1 is 1.06 bits per heavy atom. The highest BCUT2D eigenvalue weighted by Gasteiger charge is 2.32. The number of aryl methyl sites for hydroxylation is 2. The van der Waals surface area contributed by atoms with E-state index < -0.39 is 10.2 Å². The number of hydrogen-bond donors (Lipinski definition) is 0. The second kappa shape index (κ2) is 9.36. The van der Waals surface area contributed by atoms with Crippen LogP contribution in [-0.4, -0.2) is 81.7 Å². The molecular formula is C23H32N6O3S. The molecule has 9 nitrogen and oxygen atoms in total. The summed E-state index contributed by atoms with van der Waals surface area (Å²) in [5.41, 5.74) is 4.68. The third-order valence-electron chi connectivity index (χ3n) is 6.56. The molecule has 0 spiro atoms. The zero-order chi connectivity index (χ0) is 23.8. The Morgan fingerprint density at radius 3 is 2.39 bits per heavy atom. The highest BCUT2D eigenvalue weighted by Crippen LogP contribution is 2.23. The van der Waals surface area contributed by atoms with Gasteiger partial charge in [-0.2, -0.15) is 22.1 Å². The summed E-state index contributed by atoms with van der Waals surface area (Å²) >= 11 is 0. The van der Waals surface area contributed by atoms with Crippen LogP contribution in [0.15, 0.2) is 24.3 Å². The molecule has 1 aromatic carbocycles. The smallest absolute Gasteiger partial charge is 0.282 e. The number of aromatic nitrogens is 3. The standard InChI is InChI=1S/C23H32N6O3S/c1-5-27(6-2)33(31,32)28-15-13-26(14-16-28)22(30)12-11-19-17(3)24-23-20-9-7-8-10-21(20)25-29(23)18(19)4/h7-10H,5-6,11-16H2,1-4H3. The van der Waals surface area contributed by atoms with Gasteiger partial charge < -0.3 is 4.90 Å². The molecule has 0 saturated carbocycles. The molecule has 1 aliphatic heterocycles. The van der Waals surface area contributed by atoms with E-state index in [4.69, 9.17) is 4.98 Å². The van der Waals surface area contributed by atoms with E-state index >= 15 is 0 Å². The van der Waals surface area contributed by atoms with E-state index in [1.807, 2.05) is 56.5 Å². The maximum atomic E-state index is 12.9. The molecule has 1 fully saturated rings. The largest absolute Gasteiger partial charge is 0.340 e. The molecule has 178 valence electrons. The van der Waals surface area contributed by atoms with Crippen molar-refractivity contribution < 1.29 is 13.2 Å². The second-order valence-electron chi connectivity index (χ2n) is 8.39. The highest BCUT2D eigenvalue weighted by molar-refractivity contribution is 7.86. The van der Waals surface area contributed by atoms with Gasteiger partial charge in [-0.25, -0.2) is 9.50 Å². The molecule has 0 bridgehead atoms. The number of hydrogen-bond acceptors (Lipinski definition) is 5. The molecule has 1 saturated heterocycles. The van der Waals surface area contributed by atoms with Crippen molar-refractivity contribution in [3.8, 4) is 0 Å². The van der Waals surface area contributed by atoms with Crippen molar-refractivity contribution >= 4 is 32.7 Å². The minimum absolute atomic E-state index is 0.0411. The van der Waals surface area contributed by atoms with Crippen molar-refractivity contribution in [2.24, 2.45) is 0 Å². The molecule has 10 heteroatoms. The predicted molar refractivity (Wildman–Crippen MR) is 128 cm³/mol. The number of amides is 1. The first-order chi connectivity index (χ1) is 15.8. The summed E-state index contributed by atoms with van der Waals surface area (Å²) in [5, 5.41) is 5.70. The van der Waals surface area contributed by atoms with Crippen LogP contribution in [0.5, 0.6) is 0 Å². The summed E-state index contributed by atoms with van der Waals surface area (Å²) in [5.74, 6) is 0.0411. The van der Waals surface area contributed by atoms with E-state index in [9.17, 15) is 13.2 Å². The summed E-state index contributed by atoms with van der Waals surface area (Å²) in [6.45, 7) is 10.0. The second-order valence-corrected chi connectivity index (χ2v) is 10.3. The van der Waals surface area contributed by atoms with E-state index in [-0.39, 0.29) is 5.91 Å². The van der Waals surface area contributed by atoms with Crippen LogP contribution in [-0.2, 0) is 21.4 Å². The van der Waals surface area contributed by atoms with Crippen molar-refractivity contribution in [1.29, 1.82) is 0 Å². The van der Waals surface area contributed by atoms with Gasteiger partial charge in [0.25, 0.3) is 10.2 Å². The first kappa shape index (κ1) is 23.6. The number of nitrogens with zero attached hydrogens (tertiary/aromatic N) is 6. The number of carbonyl (C=O) groups excluding carboxylic acids is 1. The summed E-state index contributed by atoms with van der Waals surface area (Å²) < 4.78 is 30.2. The Morgan fingerprint density at radius 2 is 1.73 bits per heavy atom. The van der Waals surface area contributed by atoms with Crippen molar-refractivity contribution in [2.75, 3.05) is 39.3 Å². The Bertz CT molecular complexity index is 1270. The van der Waals surface area contributed by atoms with Gasteiger partial charge in [0.05, 0.1) is 5.52 Å². The Labute approximate surface area is 195 Å². The summed E-state index contributed by atoms with van der Waals surface area (Å²) in [4.78, 5) is 19.5. The van der Waals surface area contributed by atoms with Crippen LogP contribution in [0.2, 0.25) is 0 Å². The fourth-order valence-electron chi connectivity index (χ4n) is 4.61. The molecule has 1 aliphatic rings. The van der Waals surface area contributed by atoms with Crippen LogP contribution >= 0.6 is 0 Å². The van der Waals surface area contributed by atoms with Gasteiger partial charge in [-0.15, -0.1) is 0 Å². The minimum Gasteiger partial charge on any atom is -0.340 e. The third kappa shape index (κ3) is 4.34. The normalized spacial score (nSPS) is 15.7. The van der Waals surface area contributed by atoms with E-state index in [1.54, 1.807) is 4.90 Å². The topological polar surface area (TPSA) is 91.1 Å². The summed E-state index contributed by atoms with van der Waals surface area (Å²) in [6, 6.07) is 7.94. The van der Waals surface area contributed by atoms with Crippen LogP contribution in [0.1, 0.15) is 37.2 Å². The van der Waals surface area contributed by atoms with Crippen LogP contribution in [0.4, 0.5) is 0 Å². The molecule has 0 aliphatic carbocycles. The number of carbonyl (C=O) groups is 1. The number of fused-ring (bicyclic) bond motifs is 3. The molecule has 0 N–H and O–H groups in total. The van der Waals surface area contributed by atoms with Crippen molar-refractivity contribution in [1.82, 2.24) is 28.1 Å². The van der Waals surface area contributed by atoms with Gasteiger partial charge in [0, 0.05) is 62.5 Å². The molecule has 3 aromatic rings. The number of piperazine rings is 1. The van der Waals surface area contributed by atoms with Gasteiger partial charge in [0.2, 0.25) is 5.91 Å². The lowest BCUT2D eigenvalue weighted by Crippen LogP contribution is -2.54. The van der Waals surface area contributed by atoms with Gasteiger partial charge >= 0.3 is 0 Å². The Kier molecular flexibility index (Phi) is 6.69. The quantitative estimate of drug-likeness (QED) is 0.526. The van der Waals surface area contributed by atoms with E-state index in [1.165, 1.54) is 8.61 Å². The molecule has 2 aromatic heterocycles. The Balaban J connectivity index is 1.43. The van der Waals surface area contributed by atoms with Crippen LogP contribution in [0.25, 0.3) is 16.6 Å². The molecule has 1 amide bonds. The monoisotopic (exact) mass is 472 g/mol. The number of benzene rings is 1. The van der Waals surface area contributed by atoms with Crippen LogP contribution in [0.3, 0.4) is 0 Å². The molecule has 0 radical (unpaired) electrons. The van der Waals surface area contributed by atoms with Gasteiger partial charge in [-0.05, 0) is 38.0 Å².